The zero-order valence-electron chi connectivity index (χ0n) is 19.5. The maximum absolute atomic E-state index is 10.8. The van der Waals surface area contributed by atoms with Crippen molar-refractivity contribution in [2.45, 2.75) is 51.5 Å². The van der Waals surface area contributed by atoms with E-state index >= 15 is 0 Å². The number of hydrogen-bond donors (Lipinski definition) is 4. The average molecular weight is 464 g/mol. The number of hydrogen-bond acceptors (Lipinski definition) is 5. The van der Waals surface area contributed by atoms with Gasteiger partial charge in [0.1, 0.15) is 12.4 Å². The third-order valence-corrected chi connectivity index (χ3v) is 5.70. The van der Waals surface area contributed by atoms with Crippen LogP contribution < -0.4 is 10.1 Å². The molecular formula is C28H33NO5. The van der Waals surface area contributed by atoms with Crippen LogP contribution in [-0.4, -0.2) is 33.9 Å². The maximum Gasteiger partial charge on any atom is 0.303 e. The number of carbonyl (C=O) groups is 1. The van der Waals surface area contributed by atoms with Crippen LogP contribution in [0.4, 0.5) is 0 Å². The summed E-state index contributed by atoms with van der Waals surface area (Å²) in [6, 6.07) is 23.3. The van der Waals surface area contributed by atoms with Gasteiger partial charge in [-0.2, -0.15) is 0 Å². The van der Waals surface area contributed by atoms with E-state index in [9.17, 15) is 15.0 Å². The van der Waals surface area contributed by atoms with Gasteiger partial charge in [0.25, 0.3) is 0 Å². The number of aryl methyl sites for hydroxylation is 1. The lowest BCUT2D eigenvalue weighted by Crippen LogP contribution is -2.32. The van der Waals surface area contributed by atoms with Crippen LogP contribution in [0.15, 0.2) is 72.8 Å². The maximum atomic E-state index is 10.8. The van der Waals surface area contributed by atoms with Gasteiger partial charge in [-0.05, 0) is 54.2 Å². The van der Waals surface area contributed by atoms with Crippen LogP contribution in [0.2, 0.25) is 0 Å². The lowest BCUT2D eigenvalue weighted by atomic mass is 10.0. The molecule has 4 N–H and O–H groups in total. The second kappa shape index (κ2) is 12.9. The third-order valence-electron chi connectivity index (χ3n) is 5.70. The lowest BCUT2D eigenvalue weighted by molar-refractivity contribution is -0.136. The molecule has 0 aliphatic heterocycles. The number of benzene rings is 3. The van der Waals surface area contributed by atoms with Crippen molar-refractivity contribution >= 4 is 5.97 Å². The number of aliphatic hydroxyl groups is 2. The summed E-state index contributed by atoms with van der Waals surface area (Å²) in [6.45, 7) is 2.66. The van der Waals surface area contributed by atoms with Crippen molar-refractivity contribution in [2.24, 2.45) is 0 Å². The number of carboxylic acid groups (broad SMARTS) is 1. The summed E-state index contributed by atoms with van der Waals surface area (Å²) in [5.41, 5.74) is 4.53. The first kappa shape index (κ1) is 25.4. The molecule has 0 aliphatic rings. The minimum atomic E-state index is -0.797. The Labute approximate surface area is 200 Å². The molecule has 6 heteroatoms. The van der Waals surface area contributed by atoms with Crippen molar-refractivity contribution in [1.29, 1.82) is 0 Å². The smallest absolute Gasteiger partial charge is 0.303 e. The highest BCUT2D eigenvalue weighted by Gasteiger charge is 2.13. The van der Waals surface area contributed by atoms with Crippen LogP contribution in [0.1, 0.15) is 47.3 Å². The monoisotopic (exact) mass is 463 g/mol. The molecule has 0 saturated carbocycles. The number of carboxylic acids is 1. The molecule has 6 nitrogen and oxygen atoms in total. The fraction of sp³-hybridized carbons (Fsp3) is 0.321. The van der Waals surface area contributed by atoms with Gasteiger partial charge in [-0.3, -0.25) is 4.79 Å². The lowest BCUT2D eigenvalue weighted by Gasteiger charge is -2.19. The molecule has 0 radical (unpaired) electrons. The Morgan fingerprint density at radius 1 is 0.971 bits per heavy atom. The van der Waals surface area contributed by atoms with Crippen molar-refractivity contribution < 1.29 is 24.9 Å². The van der Waals surface area contributed by atoms with Gasteiger partial charge in [-0.25, -0.2) is 0 Å². The molecule has 0 fully saturated rings. The molecule has 0 spiro atoms. The quantitative estimate of drug-likeness (QED) is 0.306. The van der Waals surface area contributed by atoms with E-state index in [1.54, 1.807) is 12.1 Å². The number of nitrogens with one attached hydrogen (secondary N) is 1. The summed E-state index contributed by atoms with van der Waals surface area (Å²) >= 11 is 0. The average Bonchev–Trinajstić information content (AvgIpc) is 2.85. The molecular weight excluding hydrogens is 430 g/mol. The fourth-order valence-corrected chi connectivity index (χ4v) is 3.83. The molecule has 34 heavy (non-hydrogen) atoms. The predicted molar refractivity (Wildman–Crippen MR) is 132 cm³/mol. The molecule has 0 aromatic heterocycles. The molecule has 3 aromatic carbocycles. The molecule has 0 heterocycles. The van der Waals surface area contributed by atoms with Gasteiger partial charge < -0.3 is 25.4 Å². The number of ether oxygens (including phenoxy) is 1. The highest BCUT2D eigenvalue weighted by molar-refractivity contribution is 5.67. The van der Waals surface area contributed by atoms with E-state index in [0.29, 0.717) is 36.4 Å². The van der Waals surface area contributed by atoms with Crippen LogP contribution in [-0.2, 0) is 30.8 Å². The first-order valence-corrected chi connectivity index (χ1v) is 11.6. The van der Waals surface area contributed by atoms with Crippen molar-refractivity contribution in [3.63, 3.8) is 0 Å². The summed E-state index contributed by atoms with van der Waals surface area (Å²) in [5.74, 6) is -0.194. The largest absolute Gasteiger partial charge is 0.489 e. The van der Waals surface area contributed by atoms with Crippen LogP contribution >= 0.6 is 0 Å². The summed E-state index contributed by atoms with van der Waals surface area (Å²) in [6.07, 6.45) is 0.678. The third kappa shape index (κ3) is 7.99. The van der Waals surface area contributed by atoms with Gasteiger partial charge >= 0.3 is 5.97 Å². The molecule has 0 amide bonds. The first-order valence-electron chi connectivity index (χ1n) is 11.6. The van der Waals surface area contributed by atoms with Crippen molar-refractivity contribution in [2.75, 3.05) is 6.54 Å². The van der Waals surface area contributed by atoms with Crippen LogP contribution in [0.3, 0.4) is 0 Å². The number of aliphatic carboxylic acids is 1. The van der Waals surface area contributed by atoms with E-state index < -0.39 is 12.1 Å². The Morgan fingerprint density at radius 2 is 1.71 bits per heavy atom. The molecule has 180 valence electrons. The second-order valence-corrected chi connectivity index (χ2v) is 8.54. The van der Waals surface area contributed by atoms with E-state index in [4.69, 9.17) is 9.84 Å². The minimum absolute atomic E-state index is 0.120. The SMILES string of the molecule is C[C@H](Cc1cccc(CCC(=O)O)c1)NC[C@@H](O)c1ccc(OCc2ccccc2)c(CO)c1. The van der Waals surface area contributed by atoms with Crippen molar-refractivity contribution in [3.05, 3.63) is 101 Å². The van der Waals surface area contributed by atoms with Gasteiger partial charge in [-0.1, -0.05) is 60.7 Å². The predicted octanol–water partition coefficient (Wildman–Crippen LogP) is 4.03. The zero-order valence-corrected chi connectivity index (χ0v) is 19.5. The van der Waals surface area contributed by atoms with Crippen LogP contribution in [0.5, 0.6) is 5.75 Å². The summed E-state index contributed by atoms with van der Waals surface area (Å²) in [7, 11) is 0. The summed E-state index contributed by atoms with van der Waals surface area (Å²) in [5, 5.41) is 32.7. The Balaban J connectivity index is 1.52. The molecule has 2 atom stereocenters. The Kier molecular flexibility index (Phi) is 9.64. The van der Waals surface area contributed by atoms with Crippen LogP contribution in [0, 0.1) is 0 Å². The first-order chi connectivity index (χ1) is 16.4. The Morgan fingerprint density at radius 3 is 2.44 bits per heavy atom. The van der Waals surface area contributed by atoms with Crippen LogP contribution in [0.25, 0.3) is 0 Å². The van der Waals surface area contributed by atoms with Gasteiger partial charge in [0.2, 0.25) is 0 Å². The molecule has 0 saturated heterocycles. The highest BCUT2D eigenvalue weighted by Crippen LogP contribution is 2.25. The summed E-state index contributed by atoms with van der Waals surface area (Å²) < 4.78 is 5.86. The normalized spacial score (nSPS) is 12.8. The minimum Gasteiger partial charge on any atom is -0.489 e. The topological polar surface area (TPSA) is 99.0 Å². The second-order valence-electron chi connectivity index (χ2n) is 8.54. The molecule has 3 aromatic rings. The van der Waals surface area contributed by atoms with Gasteiger partial charge in [0.05, 0.1) is 12.7 Å². The molecule has 3 rings (SSSR count). The highest BCUT2D eigenvalue weighted by atomic mass is 16.5. The van der Waals surface area contributed by atoms with E-state index in [1.165, 1.54) is 0 Å². The van der Waals surface area contributed by atoms with E-state index in [2.05, 4.69) is 12.2 Å². The van der Waals surface area contributed by atoms with E-state index in [-0.39, 0.29) is 19.1 Å². The summed E-state index contributed by atoms with van der Waals surface area (Å²) in [4.78, 5) is 10.8. The number of aliphatic hydroxyl groups excluding tert-OH is 2. The van der Waals surface area contributed by atoms with E-state index in [0.717, 1.165) is 23.1 Å². The van der Waals surface area contributed by atoms with Gasteiger partial charge in [0, 0.05) is 24.6 Å². The number of rotatable bonds is 13. The van der Waals surface area contributed by atoms with Gasteiger partial charge in [-0.15, -0.1) is 0 Å². The standard InChI is InChI=1S/C28H33NO5/c1-20(14-23-9-5-8-21(15-23)10-13-28(32)33)29-17-26(31)24-11-12-27(25(16-24)18-30)34-19-22-6-3-2-4-7-22/h2-9,11-12,15-16,20,26,29-31H,10,13-14,17-19H2,1H3,(H,32,33)/t20-,26-/m1/s1. The van der Waals surface area contributed by atoms with E-state index in [1.807, 2.05) is 60.7 Å². The zero-order chi connectivity index (χ0) is 24.3. The Hall–Kier alpha value is -3.19. The molecule has 0 aliphatic carbocycles. The molecule has 0 unspecified atom stereocenters. The fourth-order valence-electron chi connectivity index (χ4n) is 3.83. The van der Waals surface area contributed by atoms with Gasteiger partial charge in [0.15, 0.2) is 0 Å². The Bertz CT molecular complexity index is 1050. The van der Waals surface area contributed by atoms with Crippen molar-refractivity contribution in [3.8, 4) is 5.75 Å². The molecule has 0 bridgehead atoms. The van der Waals surface area contributed by atoms with Crippen molar-refractivity contribution in [1.82, 2.24) is 5.32 Å².